The Labute approximate surface area is 160 Å². The number of allylic oxidation sites excluding steroid dienone is 1. The summed E-state index contributed by atoms with van der Waals surface area (Å²) in [5, 5.41) is 3.31. The fourth-order valence-corrected chi connectivity index (χ4v) is 3.84. The van der Waals surface area contributed by atoms with Crippen molar-refractivity contribution in [1.29, 1.82) is 0 Å². The molecule has 1 aliphatic carbocycles. The normalized spacial score (nSPS) is 16.4. The Balaban J connectivity index is 1.32. The molecular weight excluding hydrogens is 336 g/mol. The fourth-order valence-electron chi connectivity index (χ4n) is 3.84. The van der Waals surface area contributed by atoms with E-state index in [0.29, 0.717) is 12.2 Å². The number of hydrogen-bond donors (Lipinski definition) is 1. The minimum absolute atomic E-state index is 0.0454. The highest BCUT2D eigenvalue weighted by molar-refractivity contribution is 5.92. The van der Waals surface area contributed by atoms with Gasteiger partial charge >= 0.3 is 0 Å². The maximum atomic E-state index is 12.7. The Morgan fingerprint density at radius 2 is 1.96 bits per heavy atom. The van der Waals surface area contributed by atoms with Crippen LogP contribution >= 0.6 is 0 Å². The molecule has 2 aliphatic rings. The van der Waals surface area contributed by atoms with Crippen LogP contribution in [-0.4, -0.2) is 33.9 Å². The van der Waals surface area contributed by atoms with Crippen LogP contribution in [0, 0.1) is 0 Å². The summed E-state index contributed by atoms with van der Waals surface area (Å²) in [4.78, 5) is 23.3. The van der Waals surface area contributed by atoms with E-state index in [1.165, 1.54) is 36.8 Å². The molecule has 1 aliphatic heterocycles. The van der Waals surface area contributed by atoms with Gasteiger partial charge in [-0.2, -0.15) is 0 Å². The number of rotatable bonds is 5. The van der Waals surface area contributed by atoms with E-state index in [4.69, 9.17) is 0 Å². The van der Waals surface area contributed by atoms with Crippen molar-refractivity contribution in [3.63, 3.8) is 0 Å². The van der Waals surface area contributed by atoms with Crippen molar-refractivity contribution in [3.05, 3.63) is 65.1 Å². The molecule has 140 valence electrons. The zero-order valence-corrected chi connectivity index (χ0v) is 15.7. The lowest BCUT2D eigenvalue weighted by molar-refractivity contribution is 0.0728. The molecule has 5 heteroatoms. The minimum Gasteiger partial charge on any atom is -0.368 e. The van der Waals surface area contributed by atoms with Crippen LogP contribution in [0.5, 0.6) is 0 Å². The van der Waals surface area contributed by atoms with Gasteiger partial charge in [0, 0.05) is 19.6 Å². The third-order valence-corrected chi connectivity index (χ3v) is 5.43. The van der Waals surface area contributed by atoms with Crippen LogP contribution in [0.1, 0.15) is 53.7 Å². The van der Waals surface area contributed by atoms with Crippen LogP contribution in [0.15, 0.2) is 48.3 Å². The second-order valence-electron chi connectivity index (χ2n) is 7.32. The van der Waals surface area contributed by atoms with Gasteiger partial charge in [0.1, 0.15) is 11.5 Å². The largest absolute Gasteiger partial charge is 0.368 e. The number of hydrogen-bond acceptors (Lipinski definition) is 4. The number of anilines is 1. The number of nitrogens with one attached hydrogen (secondary N) is 1. The molecule has 0 unspecified atom stereocenters. The Hall–Kier alpha value is -2.69. The van der Waals surface area contributed by atoms with E-state index < -0.39 is 0 Å². The molecule has 1 N–H and O–H groups in total. The van der Waals surface area contributed by atoms with Gasteiger partial charge in [-0.05, 0) is 49.7 Å². The quantitative estimate of drug-likeness (QED) is 0.818. The lowest BCUT2D eigenvalue weighted by atomic mass is 9.97. The molecule has 4 rings (SSSR count). The summed E-state index contributed by atoms with van der Waals surface area (Å²) >= 11 is 0. The minimum atomic E-state index is -0.0454. The highest BCUT2D eigenvalue weighted by atomic mass is 16.2. The summed E-state index contributed by atoms with van der Waals surface area (Å²) in [7, 11) is 0. The first-order valence-electron chi connectivity index (χ1n) is 9.89. The van der Waals surface area contributed by atoms with Gasteiger partial charge in [0.05, 0.1) is 12.4 Å². The number of aromatic nitrogens is 2. The highest BCUT2D eigenvalue weighted by Crippen LogP contribution is 2.21. The maximum Gasteiger partial charge on any atom is 0.274 e. The van der Waals surface area contributed by atoms with E-state index in [0.717, 1.165) is 31.7 Å². The number of carbonyl (C=O) groups excluding carboxylic acids is 1. The third kappa shape index (κ3) is 4.35. The monoisotopic (exact) mass is 362 g/mol. The Bertz CT molecular complexity index is 828. The summed E-state index contributed by atoms with van der Waals surface area (Å²) in [6.07, 6.45) is 12.6. The highest BCUT2D eigenvalue weighted by Gasteiger charge is 2.22. The molecule has 0 radical (unpaired) electrons. The number of amides is 1. The third-order valence-electron chi connectivity index (χ3n) is 5.43. The molecule has 0 spiro atoms. The van der Waals surface area contributed by atoms with Crippen molar-refractivity contribution in [2.24, 2.45) is 0 Å². The second kappa shape index (κ2) is 8.33. The SMILES string of the molecule is O=C(c1cnc(NCCC2=CCCCC2)cn1)N1CCc2ccccc2C1. The average molecular weight is 362 g/mol. The lowest BCUT2D eigenvalue weighted by Gasteiger charge is -2.28. The van der Waals surface area contributed by atoms with Gasteiger partial charge in [-0.3, -0.25) is 4.79 Å². The van der Waals surface area contributed by atoms with Crippen LogP contribution in [0.3, 0.4) is 0 Å². The van der Waals surface area contributed by atoms with Gasteiger partial charge in [0.15, 0.2) is 0 Å². The molecule has 2 aromatic rings. The predicted molar refractivity (Wildman–Crippen MR) is 107 cm³/mol. The van der Waals surface area contributed by atoms with Crippen molar-refractivity contribution in [3.8, 4) is 0 Å². The summed E-state index contributed by atoms with van der Waals surface area (Å²) in [6, 6.07) is 8.31. The van der Waals surface area contributed by atoms with Gasteiger partial charge in [0.25, 0.3) is 5.91 Å². The van der Waals surface area contributed by atoms with Crippen molar-refractivity contribution < 1.29 is 4.79 Å². The van der Waals surface area contributed by atoms with Gasteiger partial charge in [-0.1, -0.05) is 35.9 Å². The van der Waals surface area contributed by atoms with Crippen molar-refractivity contribution in [2.75, 3.05) is 18.4 Å². The Morgan fingerprint density at radius 3 is 2.74 bits per heavy atom. The zero-order valence-electron chi connectivity index (χ0n) is 15.7. The van der Waals surface area contributed by atoms with Crippen LogP contribution in [0.25, 0.3) is 0 Å². The topological polar surface area (TPSA) is 58.1 Å². The fraction of sp³-hybridized carbons (Fsp3) is 0.409. The number of fused-ring (bicyclic) bond motifs is 1. The molecule has 1 amide bonds. The lowest BCUT2D eigenvalue weighted by Crippen LogP contribution is -2.36. The standard InChI is InChI=1S/C22H26N4O/c27-22(26-13-11-18-8-4-5-9-19(18)16-26)20-14-25-21(15-24-20)23-12-10-17-6-2-1-3-7-17/h4-6,8-9,14-15H,1-3,7,10-13,16H2,(H,23,25). The molecule has 1 aromatic carbocycles. The second-order valence-corrected chi connectivity index (χ2v) is 7.32. The summed E-state index contributed by atoms with van der Waals surface area (Å²) in [5.41, 5.74) is 4.51. The van der Waals surface area contributed by atoms with Gasteiger partial charge in [0.2, 0.25) is 0 Å². The number of nitrogens with zero attached hydrogens (tertiary/aromatic N) is 3. The predicted octanol–water partition coefficient (Wildman–Crippen LogP) is 3.98. The molecule has 0 saturated carbocycles. The van der Waals surface area contributed by atoms with E-state index in [1.54, 1.807) is 18.0 Å². The molecule has 2 heterocycles. The summed E-state index contributed by atoms with van der Waals surface area (Å²) in [6.45, 7) is 2.23. The van der Waals surface area contributed by atoms with E-state index in [9.17, 15) is 4.79 Å². The molecule has 5 nitrogen and oxygen atoms in total. The molecule has 0 atom stereocenters. The first-order valence-corrected chi connectivity index (χ1v) is 9.89. The Morgan fingerprint density at radius 1 is 1.07 bits per heavy atom. The van der Waals surface area contributed by atoms with Crippen molar-refractivity contribution >= 4 is 11.7 Å². The van der Waals surface area contributed by atoms with Crippen molar-refractivity contribution in [1.82, 2.24) is 14.9 Å². The average Bonchev–Trinajstić information content (AvgIpc) is 2.74. The van der Waals surface area contributed by atoms with Gasteiger partial charge in [-0.15, -0.1) is 0 Å². The number of carbonyl (C=O) groups is 1. The van der Waals surface area contributed by atoms with Crippen LogP contribution in [0.4, 0.5) is 5.82 Å². The van der Waals surface area contributed by atoms with Gasteiger partial charge < -0.3 is 10.2 Å². The van der Waals surface area contributed by atoms with E-state index in [2.05, 4.69) is 39.6 Å². The van der Waals surface area contributed by atoms with Crippen LogP contribution < -0.4 is 5.32 Å². The van der Waals surface area contributed by atoms with E-state index in [-0.39, 0.29) is 5.91 Å². The number of benzene rings is 1. The molecule has 27 heavy (non-hydrogen) atoms. The first-order chi connectivity index (χ1) is 13.3. The van der Waals surface area contributed by atoms with E-state index in [1.807, 2.05) is 11.0 Å². The first kappa shape index (κ1) is 17.7. The van der Waals surface area contributed by atoms with Crippen molar-refractivity contribution in [2.45, 2.75) is 45.1 Å². The summed E-state index contributed by atoms with van der Waals surface area (Å²) in [5.74, 6) is 0.683. The van der Waals surface area contributed by atoms with Crippen LogP contribution in [0.2, 0.25) is 0 Å². The maximum absolute atomic E-state index is 12.7. The molecule has 0 bridgehead atoms. The smallest absolute Gasteiger partial charge is 0.274 e. The molecular formula is C22H26N4O. The molecule has 1 aromatic heterocycles. The molecule has 0 saturated heterocycles. The van der Waals surface area contributed by atoms with Gasteiger partial charge in [-0.25, -0.2) is 9.97 Å². The zero-order chi connectivity index (χ0) is 18.5. The van der Waals surface area contributed by atoms with Crippen LogP contribution in [-0.2, 0) is 13.0 Å². The van der Waals surface area contributed by atoms with E-state index >= 15 is 0 Å². The summed E-state index contributed by atoms with van der Waals surface area (Å²) < 4.78 is 0. The molecule has 0 fully saturated rings. The Kier molecular flexibility index (Phi) is 5.47.